The number of benzene rings is 2. The van der Waals surface area contributed by atoms with Crippen molar-refractivity contribution < 1.29 is 54.7 Å². The molecule has 10 nitrogen and oxygen atoms in total. The van der Waals surface area contributed by atoms with Crippen LogP contribution in [0.15, 0.2) is 42.5 Å². The molecule has 1 saturated carbocycles. The van der Waals surface area contributed by atoms with Gasteiger partial charge in [0.05, 0.1) is 11.6 Å². The molecule has 0 aromatic heterocycles. The highest BCUT2D eigenvalue weighted by Gasteiger charge is 2.51. The van der Waals surface area contributed by atoms with Gasteiger partial charge in [0.25, 0.3) is 0 Å². The van der Waals surface area contributed by atoms with Crippen LogP contribution >= 0.6 is 12.0 Å². The Morgan fingerprint density at radius 2 is 1.82 bits per heavy atom. The smallest absolute Gasteiger partial charge is 0.444 e. The number of ether oxygens (including phenoxy) is 3. The molecule has 2 aliphatic heterocycles. The number of hydrogen-bond acceptors (Lipinski definition) is 8. The van der Waals surface area contributed by atoms with Crippen molar-refractivity contribution in [2.45, 2.75) is 75.6 Å². The Kier molecular flexibility index (Phi) is 10.6. The van der Waals surface area contributed by atoms with Crippen LogP contribution in [0.2, 0.25) is 0 Å². The standard InChI is InChI=1S/C33H38F5N3O7S/c1-31(2,3)47-30(44)39-15-13-24(20-7-5-8-23(17-20)48-49-33(36,37)38)25(19-39)28(42)41(21-9-10-21)22-11-12-27-26(18-22)40(14-6-16-45-4)29(43)32(34,35)46-27/h5,7-8,11-12,17-18,21,24-25H,6,9-10,13-16,19H2,1-4H3/t24-,25+/m1/s1. The van der Waals surface area contributed by atoms with Crippen molar-refractivity contribution >= 4 is 41.3 Å². The summed E-state index contributed by atoms with van der Waals surface area (Å²) < 4.78 is 87.9. The van der Waals surface area contributed by atoms with Crippen molar-refractivity contribution in [2.24, 2.45) is 5.92 Å². The molecule has 2 atom stereocenters. The van der Waals surface area contributed by atoms with E-state index in [0.717, 1.165) is 4.90 Å². The van der Waals surface area contributed by atoms with Gasteiger partial charge in [0.1, 0.15) is 11.4 Å². The highest BCUT2D eigenvalue weighted by atomic mass is 32.2. The van der Waals surface area contributed by atoms with Gasteiger partial charge < -0.3 is 33.1 Å². The summed E-state index contributed by atoms with van der Waals surface area (Å²) in [6.45, 7) is 5.47. The normalized spacial score (nSPS) is 20.7. The molecular formula is C33H38F5N3O7S. The summed E-state index contributed by atoms with van der Waals surface area (Å²) in [5.74, 6) is -3.60. The zero-order valence-corrected chi connectivity index (χ0v) is 28.2. The molecule has 2 aromatic rings. The van der Waals surface area contributed by atoms with Crippen molar-refractivity contribution in [3.8, 4) is 11.5 Å². The minimum Gasteiger partial charge on any atom is -0.444 e. The van der Waals surface area contributed by atoms with Crippen LogP contribution in [0.4, 0.5) is 38.1 Å². The fourth-order valence-electron chi connectivity index (χ4n) is 6.01. The average Bonchev–Trinajstić information content (AvgIpc) is 3.86. The molecule has 3 aliphatic rings. The van der Waals surface area contributed by atoms with Gasteiger partial charge in [-0.05, 0) is 88.3 Å². The molecule has 2 fully saturated rings. The lowest BCUT2D eigenvalue weighted by atomic mass is 9.79. The Morgan fingerprint density at radius 1 is 1.08 bits per heavy atom. The first-order chi connectivity index (χ1) is 23.0. The molecule has 16 heteroatoms. The number of carbonyl (C=O) groups excluding carboxylic acids is 3. The number of alkyl halides is 5. The summed E-state index contributed by atoms with van der Waals surface area (Å²) in [6, 6.07) is 10.1. The van der Waals surface area contributed by atoms with Gasteiger partial charge in [0.15, 0.2) is 17.8 Å². The number of hydrogen-bond donors (Lipinski definition) is 0. The summed E-state index contributed by atoms with van der Waals surface area (Å²) in [5, 5.41) is 0. The molecule has 49 heavy (non-hydrogen) atoms. The summed E-state index contributed by atoms with van der Waals surface area (Å²) in [4.78, 5) is 44.5. The second-order valence-corrected chi connectivity index (χ2v) is 13.9. The zero-order chi connectivity index (χ0) is 35.7. The molecular weight excluding hydrogens is 677 g/mol. The number of likely N-dealkylation sites (tertiary alicyclic amines) is 1. The number of methoxy groups -OCH3 is 1. The fraction of sp³-hybridized carbons (Fsp3) is 0.545. The van der Waals surface area contributed by atoms with E-state index in [2.05, 4.69) is 0 Å². The molecule has 2 heterocycles. The van der Waals surface area contributed by atoms with Crippen LogP contribution in [0.3, 0.4) is 0 Å². The Balaban J connectivity index is 1.50. The lowest BCUT2D eigenvalue weighted by Gasteiger charge is -2.41. The highest BCUT2D eigenvalue weighted by molar-refractivity contribution is 7.95. The van der Waals surface area contributed by atoms with E-state index in [0.29, 0.717) is 30.5 Å². The van der Waals surface area contributed by atoms with Crippen LogP contribution in [0.25, 0.3) is 0 Å². The maximum atomic E-state index is 14.7. The van der Waals surface area contributed by atoms with E-state index >= 15 is 0 Å². The van der Waals surface area contributed by atoms with Gasteiger partial charge in [-0.15, -0.1) is 0 Å². The molecule has 2 aromatic carbocycles. The molecule has 1 aliphatic carbocycles. The van der Waals surface area contributed by atoms with E-state index in [-0.39, 0.29) is 61.8 Å². The third-order valence-electron chi connectivity index (χ3n) is 8.22. The summed E-state index contributed by atoms with van der Waals surface area (Å²) in [6.07, 6.45) is -2.83. The maximum absolute atomic E-state index is 14.7. The van der Waals surface area contributed by atoms with Crippen molar-refractivity contribution in [2.75, 3.05) is 43.2 Å². The van der Waals surface area contributed by atoms with Gasteiger partial charge >= 0.3 is 23.6 Å². The van der Waals surface area contributed by atoms with Crippen molar-refractivity contribution in [1.29, 1.82) is 0 Å². The number of piperidine rings is 1. The summed E-state index contributed by atoms with van der Waals surface area (Å²) in [5.41, 5.74) is -4.46. The molecule has 0 N–H and O–H groups in total. The van der Waals surface area contributed by atoms with Crippen LogP contribution in [0, 0.1) is 5.92 Å². The first-order valence-electron chi connectivity index (χ1n) is 15.8. The van der Waals surface area contributed by atoms with E-state index in [1.807, 2.05) is 0 Å². The Hall–Kier alpha value is -3.79. The predicted octanol–water partition coefficient (Wildman–Crippen LogP) is 7.12. The van der Waals surface area contributed by atoms with Gasteiger partial charge in [-0.3, -0.25) is 9.59 Å². The SMILES string of the molecule is COCCCN1C(=O)C(F)(F)Oc2ccc(N(C(=O)[C@H]3CN(C(=O)OC(C)(C)C)CC[C@@H]3c3cccc(OSC(F)(F)F)c3)C3CC3)cc21. The third kappa shape index (κ3) is 8.87. The summed E-state index contributed by atoms with van der Waals surface area (Å²) in [7, 11) is 1.45. The molecule has 0 unspecified atom stereocenters. The summed E-state index contributed by atoms with van der Waals surface area (Å²) >= 11 is -0.646. The Bertz CT molecular complexity index is 1550. The quantitative estimate of drug-likeness (QED) is 0.146. The predicted molar refractivity (Wildman–Crippen MR) is 171 cm³/mol. The largest absolute Gasteiger partial charge is 0.482 e. The van der Waals surface area contributed by atoms with Gasteiger partial charge in [-0.1, -0.05) is 12.1 Å². The molecule has 0 spiro atoms. The average molecular weight is 716 g/mol. The first kappa shape index (κ1) is 36.5. The lowest BCUT2D eigenvalue weighted by molar-refractivity contribution is -0.192. The number of anilines is 2. The maximum Gasteiger partial charge on any atom is 0.482 e. The van der Waals surface area contributed by atoms with Gasteiger partial charge in [0.2, 0.25) is 5.91 Å². The molecule has 268 valence electrons. The second-order valence-electron chi connectivity index (χ2n) is 13.1. The minimum absolute atomic E-state index is 0.0497. The number of carbonyl (C=O) groups is 3. The molecule has 5 rings (SSSR count). The van der Waals surface area contributed by atoms with E-state index in [9.17, 15) is 36.3 Å². The molecule has 3 amide bonds. The second kappa shape index (κ2) is 14.2. The van der Waals surface area contributed by atoms with E-state index in [4.69, 9.17) is 18.4 Å². The number of nitrogens with zero attached hydrogens (tertiary/aromatic N) is 3. The van der Waals surface area contributed by atoms with Crippen molar-refractivity contribution in [1.82, 2.24) is 4.90 Å². The Labute approximate surface area is 285 Å². The van der Waals surface area contributed by atoms with E-state index in [1.165, 1.54) is 48.4 Å². The zero-order valence-electron chi connectivity index (χ0n) is 27.4. The fourth-order valence-corrected chi connectivity index (χ4v) is 6.30. The monoisotopic (exact) mass is 715 g/mol. The van der Waals surface area contributed by atoms with E-state index < -0.39 is 53.1 Å². The Morgan fingerprint density at radius 3 is 2.47 bits per heavy atom. The number of halogens is 5. The minimum atomic E-state index is -4.63. The van der Waals surface area contributed by atoms with Crippen LogP contribution in [0.5, 0.6) is 11.5 Å². The third-order valence-corrected chi connectivity index (χ3v) is 8.69. The van der Waals surface area contributed by atoms with Crippen LogP contribution in [0.1, 0.15) is 57.9 Å². The molecule has 1 saturated heterocycles. The highest BCUT2D eigenvalue weighted by Crippen LogP contribution is 2.45. The topological polar surface area (TPSA) is 97.9 Å². The van der Waals surface area contributed by atoms with Gasteiger partial charge in [0, 0.05) is 45.1 Å². The van der Waals surface area contributed by atoms with Crippen molar-refractivity contribution in [3.05, 3.63) is 48.0 Å². The number of amides is 3. The van der Waals surface area contributed by atoms with Gasteiger partial charge in [-0.25, -0.2) is 4.79 Å². The van der Waals surface area contributed by atoms with Crippen LogP contribution in [-0.4, -0.2) is 79.4 Å². The lowest BCUT2D eigenvalue weighted by Crippen LogP contribution is -2.52. The number of rotatable bonds is 10. The first-order valence-corrected chi connectivity index (χ1v) is 16.6. The van der Waals surface area contributed by atoms with Crippen molar-refractivity contribution in [3.63, 3.8) is 0 Å². The van der Waals surface area contributed by atoms with Crippen LogP contribution < -0.4 is 18.7 Å². The van der Waals surface area contributed by atoms with Crippen LogP contribution in [-0.2, 0) is 19.1 Å². The number of fused-ring (bicyclic) bond motifs is 1. The molecule has 0 bridgehead atoms. The van der Waals surface area contributed by atoms with E-state index in [1.54, 1.807) is 31.7 Å². The van der Waals surface area contributed by atoms with Gasteiger partial charge in [-0.2, -0.15) is 22.0 Å². The molecule has 0 radical (unpaired) electrons.